The van der Waals surface area contributed by atoms with Crippen molar-refractivity contribution in [3.05, 3.63) is 35.4 Å². The van der Waals surface area contributed by atoms with E-state index in [4.69, 9.17) is 9.73 Å². The minimum absolute atomic E-state index is 0.338. The summed E-state index contributed by atoms with van der Waals surface area (Å²) < 4.78 is 5.64. The lowest BCUT2D eigenvalue weighted by Crippen LogP contribution is -2.40. The highest BCUT2D eigenvalue weighted by Crippen LogP contribution is 2.13. The second-order valence-corrected chi connectivity index (χ2v) is 7.10. The Hall–Kier alpha value is -1.59. The zero-order chi connectivity index (χ0) is 17.5. The summed E-state index contributed by atoms with van der Waals surface area (Å²) in [6.07, 6.45) is 2.89. The van der Waals surface area contributed by atoms with Crippen molar-refractivity contribution in [1.82, 2.24) is 15.1 Å². The number of rotatable bonds is 5. The van der Waals surface area contributed by atoms with Crippen molar-refractivity contribution in [2.75, 3.05) is 39.3 Å². The number of nitrogens with one attached hydrogen (secondary N) is 1. The molecular weight excluding hydrogens is 312 g/mol. The van der Waals surface area contributed by atoms with Crippen LogP contribution in [0.25, 0.3) is 0 Å². The number of morpholine rings is 1. The first kappa shape index (κ1) is 18.2. The highest BCUT2D eigenvalue weighted by atomic mass is 16.5. The van der Waals surface area contributed by atoms with Crippen molar-refractivity contribution in [1.29, 1.82) is 0 Å². The monoisotopic (exact) mass is 344 g/mol. The molecule has 0 bridgehead atoms. The Morgan fingerprint density at radius 1 is 1.24 bits per heavy atom. The van der Waals surface area contributed by atoms with Crippen LogP contribution in [0.4, 0.5) is 0 Å². The van der Waals surface area contributed by atoms with Crippen LogP contribution in [0.1, 0.15) is 37.8 Å². The maximum atomic E-state index is 5.64. The van der Waals surface area contributed by atoms with Crippen molar-refractivity contribution in [3.63, 3.8) is 0 Å². The lowest BCUT2D eigenvalue weighted by molar-refractivity contribution is -0.0212. The summed E-state index contributed by atoms with van der Waals surface area (Å²) in [5.41, 5.74) is 2.65. The van der Waals surface area contributed by atoms with E-state index in [2.05, 4.69) is 53.2 Å². The van der Waals surface area contributed by atoms with Crippen LogP contribution in [0, 0.1) is 0 Å². The Bertz CT molecular complexity index is 569. The van der Waals surface area contributed by atoms with E-state index in [1.165, 1.54) is 24.0 Å². The molecule has 0 saturated carbocycles. The van der Waals surface area contributed by atoms with E-state index in [1.807, 2.05) is 0 Å². The average molecular weight is 345 g/mol. The molecule has 25 heavy (non-hydrogen) atoms. The minimum Gasteiger partial charge on any atom is -0.376 e. The molecule has 0 aromatic heterocycles. The Morgan fingerprint density at radius 3 is 2.80 bits per heavy atom. The van der Waals surface area contributed by atoms with Gasteiger partial charge in [-0.15, -0.1) is 0 Å². The van der Waals surface area contributed by atoms with Gasteiger partial charge >= 0.3 is 0 Å². The van der Waals surface area contributed by atoms with Gasteiger partial charge < -0.3 is 15.0 Å². The molecule has 1 aromatic carbocycles. The van der Waals surface area contributed by atoms with Crippen molar-refractivity contribution in [3.8, 4) is 0 Å². The predicted octanol–water partition coefficient (Wildman–Crippen LogP) is 2.47. The first-order valence-corrected chi connectivity index (χ1v) is 9.69. The van der Waals surface area contributed by atoms with Gasteiger partial charge in [-0.05, 0) is 37.8 Å². The first-order chi connectivity index (χ1) is 12.2. The van der Waals surface area contributed by atoms with Gasteiger partial charge in [-0.3, -0.25) is 4.90 Å². The third-order valence-electron chi connectivity index (χ3n) is 4.87. The van der Waals surface area contributed by atoms with Gasteiger partial charge in [0.05, 0.1) is 19.3 Å². The molecule has 1 N–H and O–H groups in total. The molecule has 2 saturated heterocycles. The van der Waals surface area contributed by atoms with Crippen LogP contribution < -0.4 is 5.32 Å². The summed E-state index contributed by atoms with van der Waals surface area (Å²) >= 11 is 0. The standard InChI is InChI=1S/C20H32N4O/c1-3-21-20(24-9-4-5-10-24)22-14-18-7-6-8-19(13-18)16-23-11-12-25-17(2)15-23/h6-8,13,17H,3-5,9-12,14-16H2,1-2H3,(H,21,22). The van der Waals surface area contributed by atoms with Crippen LogP contribution in [-0.2, 0) is 17.8 Å². The van der Waals surface area contributed by atoms with Gasteiger partial charge in [0, 0.05) is 39.3 Å². The number of hydrogen-bond acceptors (Lipinski definition) is 3. The summed E-state index contributed by atoms with van der Waals surface area (Å²) in [5, 5.41) is 3.43. The number of nitrogens with zero attached hydrogens (tertiary/aromatic N) is 3. The molecule has 0 aliphatic carbocycles. The summed E-state index contributed by atoms with van der Waals surface area (Å²) in [6.45, 7) is 12.1. The van der Waals surface area contributed by atoms with Crippen LogP contribution in [0.2, 0.25) is 0 Å². The molecule has 3 rings (SSSR count). The van der Waals surface area contributed by atoms with Crippen LogP contribution in [0.15, 0.2) is 29.3 Å². The SMILES string of the molecule is CCNC(=NCc1cccc(CN2CCOC(C)C2)c1)N1CCCC1. The van der Waals surface area contributed by atoms with Gasteiger partial charge in [0.25, 0.3) is 0 Å². The minimum atomic E-state index is 0.338. The van der Waals surface area contributed by atoms with Crippen molar-refractivity contribution < 1.29 is 4.74 Å². The van der Waals surface area contributed by atoms with Crippen molar-refractivity contribution in [2.24, 2.45) is 4.99 Å². The molecule has 2 aliphatic heterocycles. The predicted molar refractivity (Wildman–Crippen MR) is 103 cm³/mol. The second-order valence-electron chi connectivity index (χ2n) is 7.10. The van der Waals surface area contributed by atoms with E-state index in [1.54, 1.807) is 0 Å². The van der Waals surface area contributed by atoms with E-state index in [0.717, 1.165) is 58.4 Å². The largest absolute Gasteiger partial charge is 0.376 e. The van der Waals surface area contributed by atoms with Gasteiger partial charge in [0.15, 0.2) is 5.96 Å². The third kappa shape index (κ3) is 5.44. The Morgan fingerprint density at radius 2 is 2.04 bits per heavy atom. The lowest BCUT2D eigenvalue weighted by Gasteiger charge is -2.31. The Labute approximate surface area is 152 Å². The smallest absolute Gasteiger partial charge is 0.194 e. The zero-order valence-electron chi connectivity index (χ0n) is 15.7. The van der Waals surface area contributed by atoms with E-state index in [0.29, 0.717) is 6.10 Å². The number of likely N-dealkylation sites (tertiary alicyclic amines) is 1. The highest BCUT2D eigenvalue weighted by Gasteiger charge is 2.17. The first-order valence-electron chi connectivity index (χ1n) is 9.69. The van der Waals surface area contributed by atoms with Crippen molar-refractivity contribution >= 4 is 5.96 Å². The molecule has 138 valence electrons. The van der Waals surface area contributed by atoms with Gasteiger partial charge in [0.1, 0.15) is 0 Å². The number of aliphatic imine (C=N–C) groups is 1. The third-order valence-corrected chi connectivity index (χ3v) is 4.87. The van der Waals surface area contributed by atoms with Gasteiger partial charge in [-0.25, -0.2) is 4.99 Å². The number of hydrogen-bond donors (Lipinski definition) is 1. The van der Waals surface area contributed by atoms with Gasteiger partial charge in [-0.2, -0.15) is 0 Å². The zero-order valence-corrected chi connectivity index (χ0v) is 15.7. The fourth-order valence-electron chi connectivity index (χ4n) is 3.64. The quantitative estimate of drug-likeness (QED) is 0.658. The van der Waals surface area contributed by atoms with E-state index >= 15 is 0 Å². The lowest BCUT2D eigenvalue weighted by atomic mass is 10.1. The molecular formula is C20H32N4O. The maximum absolute atomic E-state index is 5.64. The molecule has 5 heteroatoms. The van der Waals surface area contributed by atoms with E-state index < -0.39 is 0 Å². The molecule has 2 aliphatic rings. The molecule has 5 nitrogen and oxygen atoms in total. The normalized spacial score (nSPS) is 22.4. The molecule has 1 unspecified atom stereocenters. The second kappa shape index (κ2) is 9.20. The fourth-order valence-corrected chi connectivity index (χ4v) is 3.64. The van der Waals surface area contributed by atoms with Crippen LogP contribution in [0.5, 0.6) is 0 Å². The highest BCUT2D eigenvalue weighted by molar-refractivity contribution is 5.80. The molecule has 0 radical (unpaired) electrons. The van der Waals surface area contributed by atoms with Gasteiger partial charge in [-0.1, -0.05) is 24.3 Å². The summed E-state index contributed by atoms with van der Waals surface area (Å²) in [6, 6.07) is 8.87. The topological polar surface area (TPSA) is 40.1 Å². The van der Waals surface area contributed by atoms with E-state index in [-0.39, 0.29) is 0 Å². The molecule has 1 atom stereocenters. The summed E-state index contributed by atoms with van der Waals surface area (Å²) in [7, 11) is 0. The summed E-state index contributed by atoms with van der Waals surface area (Å²) in [4.78, 5) is 9.72. The van der Waals surface area contributed by atoms with E-state index in [9.17, 15) is 0 Å². The molecule has 2 heterocycles. The molecule has 0 spiro atoms. The average Bonchev–Trinajstić information content (AvgIpc) is 3.13. The van der Waals surface area contributed by atoms with Crippen LogP contribution in [0.3, 0.4) is 0 Å². The fraction of sp³-hybridized carbons (Fsp3) is 0.650. The van der Waals surface area contributed by atoms with Crippen LogP contribution in [-0.4, -0.2) is 61.2 Å². The number of benzene rings is 1. The Kier molecular flexibility index (Phi) is 6.70. The molecule has 0 amide bonds. The molecule has 2 fully saturated rings. The van der Waals surface area contributed by atoms with Crippen LogP contribution >= 0.6 is 0 Å². The van der Waals surface area contributed by atoms with Crippen molar-refractivity contribution in [2.45, 2.75) is 45.9 Å². The molecule has 1 aromatic rings. The number of ether oxygens (including phenoxy) is 1. The maximum Gasteiger partial charge on any atom is 0.194 e. The van der Waals surface area contributed by atoms with Gasteiger partial charge in [0.2, 0.25) is 0 Å². The summed E-state index contributed by atoms with van der Waals surface area (Å²) in [5.74, 6) is 1.06. The Balaban J connectivity index is 1.61. The number of guanidine groups is 1.